The van der Waals surface area contributed by atoms with Crippen molar-refractivity contribution in [3.63, 3.8) is 0 Å². The number of hydrogen-bond donors (Lipinski definition) is 2. The molecule has 0 aliphatic rings. The van der Waals surface area contributed by atoms with E-state index in [1.807, 2.05) is 6.92 Å². The summed E-state index contributed by atoms with van der Waals surface area (Å²) in [5.41, 5.74) is 0.953. The normalized spacial score (nSPS) is 15.0. The fourth-order valence-corrected chi connectivity index (χ4v) is 2.17. The molecule has 0 saturated heterocycles. The Labute approximate surface area is 124 Å². The summed E-state index contributed by atoms with van der Waals surface area (Å²) in [5.74, 6) is -0.584. The predicted molar refractivity (Wildman–Crippen MR) is 76.5 cm³/mol. The number of aromatic nitrogens is 2. The lowest BCUT2D eigenvalue weighted by molar-refractivity contribution is -0.150. The van der Waals surface area contributed by atoms with Gasteiger partial charge in [0, 0.05) is 32.0 Å². The van der Waals surface area contributed by atoms with Crippen molar-refractivity contribution in [3.05, 3.63) is 18.2 Å². The van der Waals surface area contributed by atoms with Crippen LogP contribution in [0, 0.1) is 5.92 Å². The zero-order valence-corrected chi connectivity index (χ0v) is 12.7. The highest BCUT2D eigenvalue weighted by Gasteiger charge is 2.32. The molecule has 2 N–H and O–H groups in total. The molecule has 0 aromatic carbocycles. The van der Waals surface area contributed by atoms with Crippen molar-refractivity contribution in [3.8, 4) is 0 Å². The van der Waals surface area contributed by atoms with E-state index in [4.69, 9.17) is 9.47 Å². The number of methoxy groups -OCH3 is 1. The van der Waals surface area contributed by atoms with Crippen LogP contribution in [0.25, 0.3) is 0 Å². The molecule has 1 rings (SSSR count). The second-order valence-corrected chi connectivity index (χ2v) is 4.77. The van der Waals surface area contributed by atoms with E-state index < -0.39 is 12.0 Å². The highest BCUT2D eigenvalue weighted by Crippen LogP contribution is 2.17. The number of nitrogens with zero attached hydrogens (tertiary/aromatic N) is 1. The van der Waals surface area contributed by atoms with Crippen LogP contribution in [0.4, 0.5) is 0 Å². The molecule has 0 saturated carbocycles. The van der Waals surface area contributed by atoms with Gasteiger partial charge in [0.15, 0.2) is 0 Å². The third-order valence-corrected chi connectivity index (χ3v) is 3.47. The number of ether oxygens (including phenoxy) is 2. The Morgan fingerprint density at radius 2 is 2.33 bits per heavy atom. The van der Waals surface area contributed by atoms with Gasteiger partial charge in [-0.1, -0.05) is 6.92 Å². The molecule has 0 aliphatic heterocycles. The SMILES string of the molecule is CCC(C(=O)NCCc1cnc[nH]1)C(OC=O)C(C)OC. The molecule has 1 amide bonds. The van der Waals surface area contributed by atoms with Crippen molar-refractivity contribution < 1.29 is 19.1 Å². The number of hydrogen-bond acceptors (Lipinski definition) is 5. The van der Waals surface area contributed by atoms with Gasteiger partial charge < -0.3 is 19.8 Å². The third kappa shape index (κ3) is 5.18. The second kappa shape index (κ2) is 9.12. The maximum atomic E-state index is 12.3. The Hall–Kier alpha value is -1.89. The number of rotatable bonds is 10. The van der Waals surface area contributed by atoms with Crippen molar-refractivity contribution in [2.45, 2.75) is 38.9 Å². The molecule has 1 heterocycles. The van der Waals surface area contributed by atoms with Crippen molar-refractivity contribution >= 4 is 12.4 Å². The van der Waals surface area contributed by atoms with E-state index >= 15 is 0 Å². The van der Waals surface area contributed by atoms with Crippen LogP contribution in [0.5, 0.6) is 0 Å². The summed E-state index contributed by atoms with van der Waals surface area (Å²) in [7, 11) is 1.52. The van der Waals surface area contributed by atoms with Gasteiger partial charge in [0.2, 0.25) is 5.91 Å². The molecule has 3 unspecified atom stereocenters. The molecule has 0 fully saturated rings. The molecule has 0 bridgehead atoms. The number of carbonyl (C=O) groups excluding carboxylic acids is 2. The molecule has 1 aromatic heterocycles. The van der Waals surface area contributed by atoms with E-state index in [1.54, 1.807) is 19.4 Å². The van der Waals surface area contributed by atoms with Crippen LogP contribution < -0.4 is 5.32 Å². The van der Waals surface area contributed by atoms with Gasteiger partial charge in [-0.25, -0.2) is 4.98 Å². The average Bonchev–Trinajstić information content (AvgIpc) is 2.99. The average molecular weight is 297 g/mol. The minimum atomic E-state index is -0.593. The van der Waals surface area contributed by atoms with Crippen molar-refractivity contribution in [1.82, 2.24) is 15.3 Å². The molecule has 1 aromatic rings. The second-order valence-electron chi connectivity index (χ2n) is 4.77. The zero-order valence-electron chi connectivity index (χ0n) is 12.7. The van der Waals surface area contributed by atoms with Crippen LogP contribution in [0.1, 0.15) is 26.0 Å². The Morgan fingerprint density at radius 3 is 2.86 bits per heavy atom. The van der Waals surface area contributed by atoms with Gasteiger partial charge in [-0.3, -0.25) is 9.59 Å². The molecule has 0 spiro atoms. The molecule has 118 valence electrons. The molecule has 21 heavy (non-hydrogen) atoms. The predicted octanol–water partition coefficient (Wildman–Crippen LogP) is 0.671. The van der Waals surface area contributed by atoms with Crippen LogP contribution in [-0.2, 0) is 25.5 Å². The van der Waals surface area contributed by atoms with E-state index in [0.717, 1.165) is 5.69 Å². The maximum absolute atomic E-state index is 12.3. The summed E-state index contributed by atoms with van der Waals surface area (Å²) in [6, 6.07) is 0. The number of imidazole rings is 1. The van der Waals surface area contributed by atoms with Crippen molar-refractivity contribution in [2.24, 2.45) is 5.92 Å². The molecular formula is C14H23N3O4. The fraction of sp³-hybridized carbons (Fsp3) is 0.643. The largest absolute Gasteiger partial charge is 0.461 e. The lowest BCUT2D eigenvalue weighted by Crippen LogP contribution is -2.44. The molecule has 3 atom stereocenters. The van der Waals surface area contributed by atoms with Crippen LogP contribution in [-0.4, -0.2) is 48.2 Å². The quantitative estimate of drug-likeness (QED) is 0.619. The Kier molecular flexibility index (Phi) is 7.45. The fourth-order valence-electron chi connectivity index (χ4n) is 2.17. The smallest absolute Gasteiger partial charge is 0.293 e. The highest BCUT2D eigenvalue weighted by atomic mass is 16.6. The van der Waals surface area contributed by atoms with Gasteiger partial charge >= 0.3 is 0 Å². The zero-order chi connectivity index (χ0) is 15.7. The van der Waals surface area contributed by atoms with Crippen LogP contribution in [0.3, 0.4) is 0 Å². The first-order valence-electron chi connectivity index (χ1n) is 7.00. The first-order valence-corrected chi connectivity index (χ1v) is 7.00. The third-order valence-electron chi connectivity index (χ3n) is 3.47. The lowest BCUT2D eigenvalue weighted by atomic mass is 9.94. The summed E-state index contributed by atoms with van der Waals surface area (Å²) in [5, 5.41) is 2.85. The summed E-state index contributed by atoms with van der Waals surface area (Å²) >= 11 is 0. The minimum Gasteiger partial charge on any atom is -0.461 e. The monoisotopic (exact) mass is 297 g/mol. The number of amides is 1. The van der Waals surface area contributed by atoms with E-state index in [2.05, 4.69) is 15.3 Å². The highest BCUT2D eigenvalue weighted by molar-refractivity contribution is 5.79. The molecule has 0 aliphatic carbocycles. The number of carbonyl (C=O) groups is 2. The number of H-pyrrole nitrogens is 1. The lowest BCUT2D eigenvalue weighted by Gasteiger charge is -2.28. The Bertz CT molecular complexity index is 422. The first-order chi connectivity index (χ1) is 10.1. The Balaban J connectivity index is 2.55. The van der Waals surface area contributed by atoms with E-state index in [9.17, 15) is 9.59 Å². The maximum Gasteiger partial charge on any atom is 0.293 e. The first kappa shape index (κ1) is 17.2. The van der Waals surface area contributed by atoms with Crippen LogP contribution in [0.15, 0.2) is 12.5 Å². The molecule has 0 radical (unpaired) electrons. The Morgan fingerprint density at radius 1 is 1.57 bits per heavy atom. The van der Waals surface area contributed by atoms with Gasteiger partial charge in [0.25, 0.3) is 6.47 Å². The topological polar surface area (TPSA) is 93.3 Å². The summed E-state index contributed by atoms with van der Waals surface area (Å²) < 4.78 is 10.2. The van der Waals surface area contributed by atoms with Gasteiger partial charge in [-0.2, -0.15) is 0 Å². The molecular weight excluding hydrogens is 274 g/mol. The van der Waals surface area contributed by atoms with E-state index in [0.29, 0.717) is 25.9 Å². The van der Waals surface area contributed by atoms with Crippen LogP contribution in [0.2, 0.25) is 0 Å². The number of nitrogens with one attached hydrogen (secondary N) is 2. The summed E-state index contributed by atoms with van der Waals surface area (Å²) in [4.78, 5) is 29.8. The number of aromatic amines is 1. The minimum absolute atomic E-state index is 0.146. The van der Waals surface area contributed by atoms with Crippen molar-refractivity contribution in [2.75, 3.05) is 13.7 Å². The van der Waals surface area contributed by atoms with Crippen molar-refractivity contribution in [1.29, 1.82) is 0 Å². The van der Waals surface area contributed by atoms with E-state index in [1.165, 1.54) is 7.11 Å². The molecule has 7 heteroatoms. The summed E-state index contributed by atoms with van der Waals surface area (Å²) in [6.45, 7) is 4.50. The molecule has 7 nitrogen and oxygen atoms in total. The van der Waals surface area contributed by atoms with E-state index in [-0.39, 0.29) is 12.0 Å². The van der Waals surface area contributed by atoms with Crippen LogP contribution >= 0.6 is 0 Å². The van der Waals surface area contributed by atoms with Gasteiger partial charge in [-0.05, 0) is 13.3 Å². The van der Waals surface area contributed by atoms with Gasteiger partial charge in [-0.15, -0.1) is 0 Å². The van der Waals surface area contributed by atoms with Gasteiger partial charge in [0.1, 0.15) is 6.10 Å². The standard InChI is InChI=1S/C14H23N3O4/c1-4-12(13(21-9-18)10(2)20-3)14(19)16-6-5-11-7-15-8-17-11/h7-10,12-13H,4-6H2,1-3H3,(H,15,17)(H,16,19). The van der Waals surface area contributed by atoms with Gasteiger partial charge in [0.05, 0.1) is 18.3 Å². The summed E-state index contributed by atoms with van der Waals surface area (Å²) in [6.07, 6.45) is 3.60.